The lowest BCUT2D eigenvalue weighted by molar-refractivity contribution is -0.0962. The van der Waals surface area contributed by atoms with Gasteiger partial charge in [-0.2, -0.15) is 0 Å². The van der Waals surface area contributed by atoms with Crippen LogP contribution in [0, 0.1) is 45.3 Å². The van der Waals surface area contributed by atoms with E-state index in [0.29, 0.717) is 22.2 Å². The van der Waals surface area contributed by atoms with E-state index in [2.05, 4.69) is 55.4 Å². The zero-order valence-electron chi connectivity index (χ0n) is 22.1. The fourth-order valence-corrected chi connectivity index (χ4v) is 9.68. The van der Waals surface area contributed by atoms with Crippen molar-refractivity contribution in [2.45, 2.75) is 132 Å². The predicted molar refractivity (Wildman–Crippen MR) is 133 cm³/mol. The summed E-state index contributed by atoms with van der Waals surface area (Å²) in [4.78, 5) is 0. The van der Waals surface area contributed by atoms with Crippen molar-refractivity contribution in [3.63, 3.8) is 0 Å². The first-order valence-electron chi connectivity index (χ1n) is 13.8. The van der Waals surface area contributed by atoms with Gasteiger partial charge in [-0.3, -0.25) is 0 Å². The summed E-state index contributed by atoms with van der Waals surface area (Å²) in [6, 6.07) is 0. The van der Waals surface area contributed by atoms with Gasteiger partial charge in [-0.1, -0.05) is 85.8 Å². The Hall–Kier alpha value is -0.300. The molecule has 4 aliphatic carbocycles. The average Bonchev–Trinajstić information content (AvgIpc) is 2.96. The van der Waals surface area contributed by atoms with Crippen molar-refractivity contribution in [2.75, 3.05) is 0 Å². The van der Waals surface area contributed by atoms with Gasteiger partial charge >= 0.3 is 0 Å². The Kier molecular flexibility index (Phi) is 6.07. The molecule has 0 aromatic heterocycles. The minimum atomic E-state index is -0.125. The van der Waals surface area contributed by atoms with Gasteiger partial charge in [0, 0.05) is 0 Å². The third kappa shape index (κ3) is 3.41. The lowest BCUT2D eigenvalue weighted by atomic mass is 9.43. The minimum absolute atomic E-state index is 0.0519. The highest BCUT2D eigenvalue weighted by Gasteiger charge is 2.63. The van der Waals surface area contributed by atoms with Gasteiger partial charge in [0.2, 0.25) is 0 Å². The quantitative estimate of drug-likeness (QED) is 0.435. The summed E-state index contributed by atoms with van der Waals surface area (Å²) in [7, 11) is 0. The number of rotatable bonds is 5. The fourth-order valence-electron chi connectivity index (χ4n) is 9.68. The Bertz CT molecular complexity index is 716. The highest BCUT2D eigenvalue weighted by Crippen LogP contribution is 2.72. The highest BCUT2D eigenvalue weighted by molar-refractivity contribution is 5.38. The molecule has 2 saturated carbocycles. The summed E-state index contributed by atoms with van der Waals surface area (Å²) in [5.74, 6) is 3.24. The van der Waals surface area contributed by atoms with Crippen LogP contribution < -0.4 is 0 Å². The lowest BCUT2D eigenvalue weighted by Gasteiger charge is -2.62. The molecule has 1 nitrogen and oxygen atoms in total. The third-order valence-electron chi connectivity index (χ3n) is 11.9. The molecular formula is C30H52O. The SMILES string of the molecule is CC(C)CCC[C@H](C)[C@@H]1CC[C@]2(C)C3=C(CC[C@]12C)[C@]1(C)CC[C@H](O)C(C)(C)[C@H]1CC3. The molecule has 0 aliphatic heterocycles. The molecule has 7 atom stereocenters. The number of hydrogen-bond acceptors (Lipinski definition) is 1. The first-order chi connectivity index (χ1) is 14.4. The monoisotopic (exact) mass is 428 g/mol. The van der Waals surface area contributed by atoms with Gasteiger partial charge in [-0.15, -0.1) is 0 Å². The molecule has 0 radical (unpaired) electrons. The van der Waals surface area contributed by atoms with E-state index in [-0.39, 0.29) is 11.5 Å². The molecule has 0 bridgehead atoms. The second-order valence-corrected chi connectivity index (χ2v) is 14.0. The van der Waals surface area contributed by atoms with Crippen molar-refractivity contribution in [2.24, 2.45) is 45.3 Å². The van der Waals surface area contributed by atoms with Crippen LogP contribution in [-0.2, 0) is 0 Å². The van der Waals surface area contributed by atoms with E-state index in [1.165, 1.54) is 64.2 Å². The standard InChI is InChI=1S/C30H52O/c1-20(2)10-9-11-21(3)22-14-18-30(8)24-12-13-25-27(4,5)26(31)16-17-28(25,6)23(24)15-19-29(22,30)7/h20-22,25-26,31H,9-19H2,1-8H3/t21-,22-,25+,26-,28-,29+,30+/m0/s1. The summed E-state index contributed by atoms with van der Waals surface area (Å²) < 4.78 is 0. The van der Waals surface area contributed by atoms with E-state index >= 15 is 0 Å². The topological polar surface area (TPSA) is 20.2 Å². The zero-order chi connectivity index (χ0) is 22.8. The van der Waals surface area contributed by atoms with Crippen molar-refractivity contribution < 1.29 is 5.11 Å². The smallest absolute Gasteiger partial charge is 0.0594 e. The Morgan fingerprint density at radius 1 is 0.839 bits per heavy atom. The molecular weight excluding hydrogens is 376 g/mol. The molecule has 0 amide bonds. The first-order valence-corrected chi connectivity index (χ1v) is 13.8. The molecule has 1 N–H and O–H groups in total. The lowest BCUT2D eigenvalue weighted by Crippen LogP contribution is -2.55. The summed E-state index contributed by atoms with van der Waals surface area (Å²) in [6.07, 6.45) is 14.4. The normalized spacial score (nSPS) is 45.3. The van der Waals surface area contributed by atoms with Crippen LogP contribution in [0.2, 0.25) is 0 Å². The van der Waals surface area contributed by atoms with Crippen LogP contribution in [0.25, 0.3) is 0 Å². The first kappa shape index (κ1) is 23.8. The molecule has 2 fully saturated rings. The van der Waals surface area contributed by atoms with Crippen LogP contribution in [-0.4, -0.2) is 11.2 Å². The van der Waals surface area contributed by atoms with Gasteiger partial charge in [-0.05, 0) is 96.7 Å². The number of hydrogen-bond donors (Lipinski definition) is 1. The molecule has 0 spiro atoms. The number of allylic oxidation sites excluding steroid dienone is 2. The molecule has 31 heavy (non-hydrogen) atoms. The summed E-state index contributed by atoms with van der Waals surface area (Å²) in [5, 5.41) is 10.8. The molecule has 0 unspecified atom stereocenters. The van der Waals surface area contributed by atoms with Crippen molar-refractivity contribution in [3.05, 3.63) is 11.1 Å². The largest absolute Gasteiger partial charge is 0.393 e. The highest BCUT2D eigenvalue weighted by atomic mass is 16.3. The van der Waals surface area contributed by atoms with Crippen LogP contribution in [0.4, 0.5) is 0 Å². The second-order valence-electron chi connectivity index (χ2n) is 14.0. The van der Waals surface area contributed by atoms with Crippen molar-refractivity contribution in [3.8, 4) is 0 Å². The zero-order valence-corrected chi connectivity index (χ0v) is 22.1. The van der Waals surface area contributed by atoms with E-state index in [0.717, 1.165) is 24.2 Å². The van der Waals surface area contributed by atoms with Gasteiger partial charge in [0.15, 0.2) is 0 Å². The molecule has 0 saturated heterocycles. The molecule has 4 rings (SSSR count). The summed E-state index contributed by atoms with van der Waals surface area (Å²) in [5.41, 5.74) is 5.01. The molecule has 0 aromatic carbocycles. The Morgan fingerprint density at radius 2 is 1.55 bits per heavy atom. The third-order valence-corrected chi connectivity index (χ3v) is 11.9. The van der Waals surface area contributed by atoms with Crippen LogP contribution in [0.15, 0.2) is 11.1 Å². The average molecular weight is 429 g/mol. The van der Waals surface area contributed by atoms with Crippen LogP contribution in [0.1, 0.15) is 126 Å². The van der Waals surface area contributed by atoms with Gasteiger partial charge in [0.25, 0.3) is 0 Å². The molecule has 1 heteroatoms. The maximum absolute atomic E-state index is 10.8. The fraction of sp³-hybridized carbons (Fsp3) is 0.933. The van der Waals surface area contributed by atoms with Crippen molar-refractivity contribution in [1.29, 1.82) is 0 Å². The summed E-state index contributed by atoms with van der Waals surface area (Å²) >= 11 is 0. The second kappa shape index (κ2) is 7.89. The van der Waals surface area contributed by atoms with Gasteiger partial charge < -0.3 is 5.11 Å². The van der Waals surface area contributed by atoms with Gasteiger partial charge in [0.05, 0.1) is 6.10 Å². The van der Waals surface area contributed by atoms with E-state index in [9.17, 15) is 5.11 Å². The molecule has 0 heterocycles. The number of fused-ring (bicyclic) bond motifs is 4. The van der Waals surface area contributed by atoms with E-state index in [1.807, 2.05) is 11.1 Å². The van der Waals surface area contributed by atoms with Crippen molar-refractivity contribution in [1.82, 2.24) is 0 Å². The van der Waals surface area contributed by atoms with E-state index in [4.69, 9.17) is 0 Å². The number of aliphatic hydroxyl groups is 1. The van der Waals surface area contributed by atoms with Crippen LogP contribution >= 0.6 is 0 Å². The Balaban J connectivity index is 1.63. The van der Waals surface area contributed by atoms with Gasteiger partial charge in [-0.25, -0.2) is 0 Å². The van der Waals surface area contributed by atoms with E-state index in [1.54, 1.807) is 0 Å². The number of aliphatic hydroxyl groups excluding tert-OH is 1. The molecule has 178 valence electrons. The minimum Gasteiger partial charge on any atom is -0.393 e. The molecule has 4 aliphatic rings. The van der Waals surface area contributed by atoms with E-state index < -0.39 is 0 Å². The van der Waals surface area contributed by atoms with Crippen molar-refractivity contribution >= 4 is 0 Å². The predicted octanol–water partition coefficient (Wildman–Crippen LogP) is 8.56. The van der Waals surface area contributed by atoms with Crippen LogP contribution in [0.3, 0.4) is 0 Å². The molecule has 0 aromatic rings. The maximum atomic E-state index is 10.8. The Labute approximate surface area is 193 Å². The summed E-state index contributed by atoms with van der Waals surface area (Å²) in [6.45, 7) is 20.0. The van der Waals surface area contributed by atoms with Gasteiger partial charge in [0.1, 0.15) is 0 Å². The maximum Gasteiger partial charge on any atom is 0.0594 e. The Morgan fingerprint density at radius 3 is 2.23 bits per heavy atom. The van der Waals surface area contributed by atoms with Crippen LogP contribution in [0.5, 0.6) is 0 Å².